The van der Waals surface area contributed by atoms with Gasteiger partial charge in [-0.1, -0.05) is 35.0 Å². The molecule has 2 atom stereocenters. The molecule has 1 N–H and O–H groups in total. The summed E-state index contributed by atoms with van der Waals surface area (Å²) in [5.41, 5.74) is 0.818. The highest BCUT2D eigenvalue weighted by Gasteiger charge is 2.36. The van der Waals surface area contributed by atoms with E-state index in [1.165, 1.54) is 18.3 Å². The Labute approximate surface area is 174 Å². The van der Waals surface area contributed by atoms with Crippen LogP contribution in [0.5, 0.6) is 0 Å². The van der Waals surface area contributed by atoms with Crippen molar-refractivity contribution in [2.75, 3.05) is 4.90 Å². The van der Waals surface area contributed by atoms with Gasteiger partial charge in [0.25, 0.3) is 5.56 Å². The zero-order valence-corrected chi connectivity index (χ0v) is 16.9. The summed E-state index contributed by atoms with van der Waals surface area (Å²) in [5.74, 6) is 0. The first-order valence-electron chi connectivity index (χ1n) is 9.27. The van der Waals surface area contributed by atoms with Crippen molar-refractivity contribution in [3.63, 3.8) is 0 Å². The summed E-state index contributed by atoms with van der Waals surface area (Å²) in [5, 5.41) is 14.5. The van der Waals surface area contributed by atoms with E-state index in [1.54, 1.807) is 17.7 Å². The highest BCUT2D eigenvalue weighted by atomic mass is 35.5. The molecule has 0 aliphatic carbocycles. The molecule has 0 fully saturated rings. The molecule has 3 aromatic rings. The lowest BCUT2D eigenvalue weighted by Crippen LogP contribution is -2.40. The molecule has 0 amide bonds. The van der Waals surface area contributed by atoms with Crippen molar-refractivity contribution in [3.8, 4) is 0 Å². The predicted molar refractivity (Wildman–Crippen MR) is 104 cm³/mol. The Morgan fingerprint density at radius 1 is 1.30 bits per heavy atom. The van der Waals surface area contributed by atoms with Crippen LogP contribution in [0.4, 0.5) is 18.9 Å². The Balaban J connectivity index is 1.70. The van der Waals surface area contributed by atoms with Gasteiger partial charge in [-0.2, -0.15) is 18.3 Å². The minimum absolute atomic E-state index is 0.0279. The second-order valence-corrected chi connectivity index (χ2v) is 7.65. The molecule has 2 aromatic heterocycles. The van der Waals surface area contributed by atoms with E-state index >= 15 is 0 Å². The molecule has 0 spiro atoms. The first-order chi connectivity index (χ1) is 14.2. The molecule has 1 aliphatic rings. The smallest absolute Gasteiger partial charge is 0.360 e. The van der Waals surface area contributed by atoms with Crippen molar-refractivity contribution in [1.29, 1.82) is 0 Å². The lowest BCUT2D eigenvalue weighted by Gasteiger charge is -2.35. The van der Waals surface area contributed by atoms with E-state index in [4.69, 9.17) is 11.6 Å². The average molecular weight is 439 g/mol. The number of benzene rings is 1. The van der Waals surface area contributed by atoms with Gasteiger partial charge >= 0.3 is 6.18 Å². The van der Waals surface area contributed by atoms with E-state index in [0.717, 1.165) is 11.8 Å². The number of aromatic amines is 1. The Morgan fingerprint density at radius 3 is 2.77 bits per heavy atom. The maximum atomic E-state index is 13.5. The van der Waals surface area contributed by atoms with Gasteiger partial charge in [-0.25, -0.2) is 9.78 Å². The molecule has 30 heavy (non-hydrogen) atoms. The number of nitrogens with zero attached hydrogens (tertiary/aromatic N) is 5. The Hall–Kier alpha value is -2.88. The molecule has 0 saturated carbocycles. The van der Waals surface area contributed by atoms with Crippen molar-refractivity contribution >= 4 is 17.3 Å². The fourth-order valence-electron chi connectivity index (χ4n) is 3.85. The summed E-state index contributed by atoms with van der Waals surface area (Å²) in [6.45, 7) is 3.93. The summed E-state index contributed by atoms with van der Waals surface area (Å²) >= 11 is 6.14. The van der Waals surface area contributed by atoms with Gasteiger partial charge in [0.05, 0.1) is 35.7 Å². The minimum Gasteiger partial charge on any atom is -0.360 e. The third-order valence-corrected chi connectivity index (χ3v) is 5.75. The second kappa shape index (κ2) is 7.42. The number of hydrogen-bond acceptors (Lipinski definition) is 5. The number of aromatic nitrogens is 5. The van der Waals surface area contributed by atoms with Gasteiger partial charge in [-0.3, -0.25) is 4.79 Å². The van der Waals surface area contributed by atoms with E-state index in [2.05, 4.69) is 20.5 Å². The van der Waals surface area contributed by atoms with Gasteiger partial charge in [0, 0.05) is 12.5 Å². The van der Waals surface area contributed by atoms with E-state index in [1.807, 2.05) is 11.8 Å². The monoisotopic (exact) mass is 438 g/mol. The second-order valence-electron chi connectivity index (χ2n) is 7.27. The summed E-state index contributed by atoms with van der Waals surface area (Å²) in [4.78, 5) is 13.7. The van der Waals surface area contributed by atoms with Gasteiger partial charge in [0.2, 0.25) is 0 Å². The highest BCUT2D eigenvalue weighted by molar-refractivity contribution is 6.33. The minimum atomic E-state index is -4.46. The Bertz CT molecular complexity index is 1140. The Kier molecular flexibility index (Phi) is 5.05. The molecule has 0 radical (unpaired) electrons. The van der Waals surface area contributed by atoms with Crippen LogP contribution in [-0.4, -0.2) is 31.2 Å². The van der Waals surface area contributed by atoms with Crippen LogP contribution in [-0.2, 0) is 19.1 Å². The first-order valence-corrected chi connectivity index (χ1v) is 9.65. The maximum Gasteiger partial charge on any atom is 0.416 e. The number of alkyl halides is 3. The molecule has 3 heterocycles. The third kappa shape index (κ3) is 3.45. The van der Waals surface area contributed by atoms with E-state index < -0.39 is 23.3 Å². The van der Waals surface area contributed by atoms with Crippen LogP contribution >= 0.6 is 11.6 Å². The standard InChI is InChI=1S/C19H18ClF3N6O/c1-10-7-15-14(9-28(10)16-8-24-26-18(30)17(16)20)25-27-29(15)11(2)12-5-3-4-6-13(12)19(21,22)23/h3-6,8,10-11H,7,9H2,1-2H3,(H,26,30)/t10-,11-/m1/s1. The van der Waals surface area contributed by atoms with E-state index in [0.29, 0.717) is 24.3 Å². The summed E-state index contributed by atoms with van der Waals surface area (Å²) < 4.78 is 41.9. The van der Waals surface area contributed by atoms with E-state index in [9.17, 15) is 18.0 Å². The van der Waals surface area contributed by atoms with Gasteiger partial charge in [-0.05, 0) is 25.5 Å². The largest absolute Gasteiger partial charge is 0.416 e. The lowest BCUT2D eigenvalue weighted by atomic mass is 9.99. The fraction of sp³-hybridized carbons (Fsp3) is 0.368. The number of fused-ring (bicyclic) bond motifs is 1. The van der Waals surface area contributed by atoms with Crippen molar-refractivity contribution in [3.05, 3.63) is 68.4 Å². The van der Waals surface area contributed by atoms with Crippen molar-refractivity contribution in [1.82, 2.24) is 25.2 Å². The van der Waals surface area contributed by atoms with Gasteiger partial charge in [0.15, 0.2) is 0 Å². The number of nitrogens with one attached hydrogen (secondary N) is 1. The summed E-state index contributed by atoms with van der Waals surface area (Å²) in [6, 6.07) is 4.73. The normalized spacial score (nSPS) is 17.7. The lowest BCUT2D eigenvalue weighted by molar-refractivity contribution is -0.138. The molecular formula is C19H18ClF3N6O. The zero-order chi connectivity index (χ0) is 21.6. The molecule has 1 aromatic carbocycles. The van der Waals surface area contributed by atoms with Crippen molar-refractivity contribution < 1.29 is 13.2 Å². The quantitative estimate of drug-likeness (QED) is 0.676. The molecule has 0 saturated heterocycles. The molecule has 11 heteroatoms. The number of hydrogen-bond donors (Lipinski definition) is 1. The van der Waals surface area contributed by atoms with Gasteiger partial charge < -0.3 is 4.90 Å². The Morgan fingerprint density at radius 2 is 2.03 bits per heavy atom. The molecule has 0 unspecified atom stereocenters. The molecule has 4 rings (SSSR count). The highest BCUT2D eigenvalue weighted by Crippen LogP contribution is 2.37. The molecule has 0 bridgehead atoms. The number of halogens is 4. The van der Waals surface area contributed by atoms with Crippen molar-refractivity contribution in [2.24, 2.45) is 0 Å². The number of rotatable bonds is 3. The van der Waals surface area contributed by atoms with Crippen LogP contribution in [0.3, 0.4) is 0 Å². The van der Waals surface area contributed by atoms with Crippen LogP contribution < -0.4 is 10.5 Å². The van der Waals surface area contributed by atoms with Crippen LogP contribution in [0.2, 0.25) is 5.02 Å². The van der Waals surface area contributed by atoms with Crippen LogP contribution in [0, 0.1) is 0 Å². The maximum absolute atomic E-state index is 13.5. The van der Waals surface area contributed by atoms with Gasteiger partial charge in [0.1, 0.15) is 10.7 Å². The summed E-state index contributed by atoms with van der Waals surface area (Å²) in [6.07, 6.45) is -2.51. The SMILES string of the molecule is C[C@@H]1Cc2c(nnn2[C@H](C)c2ccccc2C(F)(F)F)CN1c1cn[nH]c(=O)c1Cl. The molecule has 158 valence electrons. The van der Waals surface area contributed by atoms with Crippen LogP contribution in [0.15, 0.2) is 35.3 Å². The summed E-state index contributed by atoms with van der Waals surface area (Å²) in [7, 11) is 0. The zero-order valence-electron chi connectivity index (χ0n) is 16.1. The molecule has 1 aliphatic heterocycles. The number of anilines is 1. The van der Waals surface area contributed by atoms with E-state index in [-0.39, 0.29) is 16.6 Å². The van der Waals surface area contributed by atoms with Crippen LogP contribution in [0.25, 0.3) is 0 Å². The number of H-pyrrole nitrogens is 1. The predicted octanol–water partition coefficient (Wildman–Crippen LogP) is 3.59. The fourth-order valence-corrected chi connectivity index (χ4v) is 4.05. The average Bonchev–Trinajstić information content (AvgIpc) is 3.11. The molecule has 7 nitrogen and oxygen atoms in total. The van der Waals surface area contributed by atoms with Crippen molar-refractivity contribution in [2.45, 2.75) is 45.1 Å². The first kappa shape index (κ1) is 20.4. The third-order valence-electron chi connectivity index (χ3n) is 5.38. The topological polar surface area (TPSA) is 79.7 Å². The van der Waals surface area contributed by atoms with Gasteiger partial charge in [-0.15, -0.1) is 5.10 Å². The van der Waals surface area contributed by atoms with Crippen LogP contribution in [0.1, 0.15) is 42.4 Å². The molecular weight excluding hydrogens is 421 g/mol.